The second-order valence-electron chi connectivity index (χ2n) is 6.63. The molecule has 0 saturated carbocycles. The average Bonchev–Trinajstić information content (AvgIpc) is 2.97. The summed E-state index contributed by atoms with van der Waals surface area (Å²) in [6.45, 7) is 2.48. The Balaban J connectivity index is 1.64. The van der Waals surface area contributed by atoms with E-state index >= 15 is 0 Å². The van der Waals surface area contributed by atoms with Crippen molar-refractivity contribution in [3.05, 3.63) is 30.1 Å². The molecule has 0 aliphatic carbocycles. The summed E-state index contributed by atoms with van der Waals surface area (Å²) in [5.41, 5.74) is 0.646. The number of amides is 2. The van der Waals surface area contributed by atoms with Crippen LogP contribution in [0.15, 0.2) is 24.3 Å². The van der Waals surface area contributed by atoms with Gasteiger partial charge in [-0.15, -0.1) is 0 Å². The van der Waals surface area contributed by atoms with E-state index in [2.05, 4.69) is 0 Å². The van der Waals surface area contributed by atoms with Gasteiger partial charge >= 0.3 is 0 Å². The maximum absolute atomic E-state index is 13.0. The Morgan fingerprint density at radius 2 is 2.04 bits per heavy atom. The lowest BCUT2D eigenvalue weighted by atomic mass is 9.97. The molecule has 2 heterocycles. The lowest BCUT2D eigenvalue weighted by molar-refractivity contribution is -0.138. The highest BCUT2D eigenvalue weighted by Gasteiger charge is 2.38. The highest BCUT2D eigenvalue weighted by Crippen LogP contribution is 2.28. The van der Waals surface area contributed by atoms with E-state index in [0.717, 1.165) is 19.4 Å². The summed E-state index contributed by atoms with van der Waals surface area (Å²) in [6.07, 6.45) is 2.27. The molecule has 2 unspecified atom stereocenters. The zero-order valence-corrected chi connectivity index (χ0v) is 13.9. The van der Waals surface area contributed by atoms with E-state index in [1.807, 2.05) is 4.90 Å². The van der Waals surface area contributed by atoms with Crippen molar-refractivity contribution in [1.29, 1.82) is 0 Å². The molecule has 130 valence electrons. The minimum atomic E-state index is -0.337. The summed E-state index contributed by atoms with van der Waals surface area (Å²) in [5, 5.41) is 0. The molecule has 24 heavy (non-hydrogen) atoms. The van der Waals surface area contributed by atoms with Gasteiger partial charge in [-0.05, 0) is 43.0 Å². The highest BCUT2D eigenvalue weighted by atomic mass is 19.1. The summed E-state index contributed by atoms with van der Waals surface area (Å²) in [7, 11) is 1.68. The topological polar surface area (TPSA) is 49.9 Å². The number of benzene rings is 1. The zero-order chi connectivity index (χ0) is 17.1. The molecule has 0 bridgehead atoms. The lowest BCUT2D eigenvalue weighted by Gasteiger charge is -2.34. The number of hydrogen-bond donors (Lipinski definition) is 0. The predicted molar refractivity (Wildman–Crippen MR) is 88.0 cm³/mol. The van der Waals surface area contributed by atoms with Gasteiger partial charge < -0.3 is 14.5 Å². The van der Waals surface area contributed by atoms with E-state index in [9.17, 15) is 14.0 Å². The number of carbonyl (C=O) groups excluding carboxylic acids is 2. The second kappa shape index (κ2) is 7.30. The standard InChI is InChI=1S/C18H23FN2O3/c1-24-12-13-3-2-8-20(10-13)18(23)14-9-17(22)21(11-14)16-6-4-15(19)5-7-16/h4-7,13-14H,2-3,8-12H2,1H3. The van der Waals surface area contributed by atoms with Crippen LogP contribution in [0.5, 0.6) is 0 Å². The maximum atomic E-state index is 13.0. The molecule has 0 aromatic heterocycles. The third-order valence-corrected chi connectivity index (χ3v) is 4.85. The van der Waals surface area contributed by atoms with Crippen molar-refractivity contribution in [3.63, 3.8) is 0 Å². The smallest absolute Gasteiger partial charge is 0.228 e. The Labute approximate surface area is 141 Å². The molecule has 0 N–H and O–H groups in total. The van der Waals surface area contributed by atoms with Gasteiger partial charge in [0.2, 0.25) is 11.8 Å². The van der Waals surface area contributed by atoms with E-state index in [1.54, 1.807) is 24.1 Å². The minimum Gasteiger partial charge on any atom is -0.384 e. The van der Waals surface area contributed by atoms with E-state index in [1.165, 1.54) is 12.1 Å². The Bertz CT molecular complexity index is 603. The number of nitrogens with zero attached hydrogens (tertiary/aromatic N) is 2. The number of methoxy groups -OCH3 is 1. The number of likely N-dealkylation sites (tertiary alicyclic amines) is 1. The Kier molecular flexibility index (Phi) is 5.14. The minimum absolute atomic E-state index is 0.0498. The van der Waals surface area contributed by atoms with Crippen molar-refractivity contribution in [2.75, 3.05) is 38.3 Å². The summed E-state index contributed by atoms with van der Waals surface area (Å²) < 4.78 is 18.2. The molecule has 2 saturated heterocycles. The number of rotatable bonds is 4. The number of carbonyl (C=O) groups is 2. The lowest BCUT2D eigenvalue weighted by Crippen LogP contribution is -2.44. The van der Waals surface area contributed by atoms with Crippen LogP contribution in [0.2, 0.25) is 0 Å². The highest BCUT2D eigenvalue weighted by molar-refractivity contribution is 6.00. The van der Waals surface area contributed by atoms with Gasteiger partial charge in [0.25, 0.3) is 0 Å². The summed E-state index contributed by atoms with van der Waals surface area (Å²) in [4.78, 5) is 28.5. The molecule has 5 nitrogen and oxygen atoms in total. The van der Waals surface area contributed by atoms with Crippen LogP contribution in [-0.4, -0.2) is 50.1 Å². The number of anilines is 1. The quantitative estimate of drug-likeness (QED) is 0.847. The Morgan fingerprint density at radius 3 is 2.75 bits per heavy atom. The average molecular weight is 334 g/mol. The molecule has 2 aliphatic heterocycles. The fraction of sp³-hybridized carbons (Fsp3) is 0.556. The van der Waals surface area contributed by atoms with E-state index < -0.39 is 0 Å². The third-order valence-electron chi connectivity index (χ3n) is 4.85. The van der Waals surface area contributed by atoms with Crippen molar-refractivity contribution in [2.45, 2.75) is 19.3 Å². The molecular formula is C18H23FN2O3. The van der Waals surface area contributed by atoms with Gasteiger partial charge in [-0.3, -0.25) is 9.59 Å². The normalized spacial score (nSPS) is 24.5. The van der Waals surface area contributed by atoms with Crippen molar-refractivity contribution < 1.29 is 18.7 Å². The first-order chi connectivity index (χ1) is 11.6. The second-order valence-corrected chi connectivity index (χ2v) is 6.63. The van der Waals surface area contributed by atoms with Crippen LogP contribution in [0.3, 0.4) is 0 Å². The largest absolute Gasteiger partial charge is 0.384 e. The van der Waals surface area contributed by atoms with Crippen molar-refractivity contribution in [3.8, 4) is 0 Å². The van der Waals surface area contributed by atoms with Gasteiger partial charge in [-0.2, -0.15) is 0 Å². The molecule has 1 aromatic carbocycles. The van der Waals surface area contributed by atoms with Crippen LogP contribution in [-0.2, 0) is 14.3 Å². The first kappa shape index (κ1) is 16.9. The van der Waals surface area contributed by atoms with Gasteiger partial charge in [-0.25, -0.2) is 4.39 Å². The molecule has 0 spiro atoms. The number of halogens is 1. The molecule has 2 fully saturated rings. The molecule has 3 rings (SSSR count). The molecule has 1 aromatic rings. The maximum Gasteiger partial charge on any atom is 0.228 e. The van der Waals surface area contributed by atoms with Crippen LogP contribution < -0.4 is 4.90 Å². The number of piperidine rings is 1. The van der Waals surface area contributed by atoms with Crippen molar-refractivity contribution >= 4 is 17.5 Å². The monoisotopic (exact) mass is 334 g/mol. The van der Waals surface area contributed by atoms with Gasteiger partial charge in [0.1, 0.15) is 5.82 Å². The fourth-order valence-corrected chi connectivity index (χ4v) is 3.64. The van der Waals surface area contributed by atoms with E-state index in [4.69, 9.17) is 4.74 Å². The summed E-state index contributed by atoms with van der Waals surface area (Å²) >= 11 is 0. The number of hydrogen-bond acceptors (Lipinski definition) is 3. The first-order valence-electron chi connectivity index (χ1n) is 8.42. The predicted octanol–water partition coefficient (Wildman–Crippen LogP) is 2.06. The summed E-state index contributed by atoms with van der Waals surface area (Å²) in [5.74, 6) is -0.309. The fourth-order valence-electron chi connectivity index (χ4n) is 3.64. The van der Waals surface area contributed by atoms with Crippen LogP contribution in [0, 0.1) is 17.7 Å². The number of ether oxygens (including phenoxy) is 1. The van der Waals surface area contributed by atoms with Crippen LogP contribution in [0.4, 0.5) is 10.1 Å². The molecule has 0 radical (unpaired) electrons. The Hall–Kier alpha value is -1.95. The molecule has 2 aliphatic rings. The Morgan fingerprint density at radius 1 is 1.29 bits per heavy atom. The van der Waals surface area contributed by atoms with Gasteiger partial charge in [-0.1, -0.05) is 0 Å². The van der Waals surface area contributed by atoms with Crippen molar-refractivity contribution in [2.24, 2.45) is 11.8 Å². The van der Waals surface area contributed by atoms with Gasteiger partial charge in [0, 0.05) is 38.9 Å². The third kappa shape index (κ3) is 3.59. The summed E-state index contributed by atoms with van der Waals surface area (Å²) in [6, 6.07) is 5.82. The van der Waals surface area contributed by atoms with Crippen molar-refractivity contribution in [1.82, 2.24) is 4.90 Å². The molecule has 2 atom stereocenters. The first-order valence-corrected chi connectivity index (χ1v) is 8.42. The van der Waals surface area contributed by atoms with Crippen LogP contribution >= 0.6 is 0 Å². The molecule has 2 amide bonds. The van der Waals surface area contributed by atoms with E-state index in [-0.39, 0.29) is 30.0 Å². The van der Waals surface area contributed by atoms with Crippen LogP contribution in [0.1, 0.15) is 19.3 Å². The van der Waals surface area contributed by atoms with Gasteiger partial charge in [0.05, 0.1) is 12.5 Å². The van der Waals surface area contributed by atoms with E-state index in [0.29, 0.717) is 31.3 Å². The molecule has 6 heteroatoms. The van der Waals surface area contributed by atoms with Gasteiger partial charge in [0.15, 0.2) is 0 Å². The zero-order valence-electron chi connectivity index (χ0n) is 13.9. The van der Waals surface area contributed by atoms with Crippen LogP contribution in [0.25, 0.3) is 0 Å². The SMILES string of the molecule is COCC1CCCN(C(=O)C2CC(=O)N(c3ccc(F)cc3)C2)C1. The molecular weight excluding hydrogens is 311 g/mol.